The molecule has 7 heteroatoms. The highest BCUT2D eigenvalue weighted by molar-refractivity contribution is 6.07. The van der Waals surface area contributed by atoms with Gasteiger partial charge < -0.3 is 24.4 Å². The summed E-state index contributed by atoms with van der Waals surface area (Å²) in [7, 11) is 1.61. The number of hydrogen-bond acceptors (Lipinski definition) is 5. The molecule has 0 radical (unpaired) electrons. The number of hydrogen-bond donors (Lipinski definition) is 1. The van der Waals surface area contributed by atoms with Crippen molar-refractivity contribution in [2.75, 3.05) is 46.6 Å². The van der Waals surface area contributed by atoms with Gasteiger partial charge in [0.15, 0.2) is 0 Å². The lowest BCUT2D eigenvalue weighted by molar-refractivity contribution is -0.147. The van der Waals surface area contributed by atoms with Crippen LogP contribution in [0.2, 0.25) is 0 Å². The lowest BCUT2D eigenvalue weighted by Gasteiger charge is -2.30. The van der Waals surface area contributed by atoms with E-state index in [1.54, 1.807) is 12.0 Å². The fourth-order valence-electron chi connectivity index (χ4n) is 2.91. The van der Waals surface area contributed by atoms with Gasteiger partial charge in [-0.15, -0.1) is 0 Å². The van der Waals surface area contributed by atoms with E-state index in [1.807, 2.05) is 24.3 Å². The van der Waals surface area contributed by atoms with Gasteiger partial charge in [0, 0.05) is 13.1 Å². The summed E-state index contributed by atoms with van der Waals surface area (Å²) >= 11 is 0. The number of rotatable bonds is 7. The summed E-state index contributed by atoms with van der Waals surface area (Å²) in [5.41, 5.74) is -0.864. The molecule has 1 N–H and O–H groups in total. The van der Waals surface area contributed by atoms with Crippen LogP contribution in [0.25, 0.3) is 0 Å². The van der Waals surface area contributed by atoms with Gasteiger partial charge in [-0.3, -0.25) is 9.59 Å². The van der Waals surface area contributed by atoms with Gasteiger partial charge in [-0.05, 0) is 37.1 Å². The minimum atomic E-state index is -0.864. The molecule has 0 bridgehead atoms. The van der Waals surface area contributed by atoms with Crippen LogP contribution < -0.4 is 14.8 Å². The number of benzene rings is 1. The first-order chi connectivity index (χ1) is 12.2. The molecule has 1 saturated carbocycles. The third kappa shape index (κ3) is 4.04. The van der Waals surface area contributed by atoms with Gasteiger partial charge in [0.25, 0.3) is 0 Å². The van der Waals surface area contributed by atoms with Crippen LogP contribution in [0.4, 0.5) is 0 Å². The summed E-state index contributed by atoms with van der Waals surface area (Å²) in [6.07, 6.45) is 1.24. The Kier molecular flexibility index (Phi) is 5.43. The smallest absolute Gasteiger partial charge is 0.238 e. The van der Waals surface area contributed by atoms with Crippen LogP contribution in [0.1, 0.15) is 12.8 Å². The Morgan fingerprint density at radius 3 is 2.40 bits per heavy atom. The van der Waals surface area contributed by atoms with Gasteiger partial charge >= 0.3 is 0 Å². The molecule has 1 aromatic carbocycles. The van der Waals surface area contributed by atoms with E-state index in [0.29, 0.717) is 58.0 Å². The summed E-state index contributed by atoms with van der Waals surface area (Å²) in [5, 5.41) is 2.83. The highest BCUT2D eigenvalue weighted by atomic mass is 16.5. The Morgan fingerprint density at radius 1 is 1.16 bits per heavy atom. The molecule has 0 aromatic heterocycles. The predicted molar refractivity (Wildman–Crippen MR) is 90.6 cm³/mol. The standard InChI is InChI=1S/C18H24N2O5/c1-23-14-2-4-15(5-3-14)25-11-8-19-16(21)18(6-7-18)17(22)20-9-12-24-13-10-20/h2-5H,6-13H2,1H3,(H,19,21). The first-order valence-corrected chi connectivity index (χ1v) is 8.58. The zero-order chi connectivity index (χ0) is 17.7. The minimum Gasteiger partial charge on any atom is -0.497 e. The van der Waals surface area contributed by atoms with Crippen molar-refractivity contribution in [3.05, 3.63) is 24.3 Å². The van der Waals surface area contributed by atoms with E-state index in [1.165, 1.54) is 0 Å². The quantitative estimate of drug-likeness (QED) is 0.583. The van der Waals surface area contributed by atoms with E-state index in [2.05, 4.69) is 5.32 Å². The third-order valence-electron chi connectivity index (χ3n) is 4.61. The molecule has 3 rings (SSSR count). The first kappa shape index (κ1) is 17.5. The largest absolute Gasteiger partial charge is 0.497 e. The van der Waals surface area contributed by atoms with E-state index >= 15 is 0 Å². The molecule has 0 unspecified atom stereocenters. The number of methoxy groups -OCH3 is 1. The second kappa shape index (κ2) is 7.74. The molecule has 1 heterocycles. The number of ether oxygens (including phenoxy) is 3. The summed E-state index contributed by atoms with van der Waals surface area (Å²) in [4.78, 5) is 26.8. The highest BCUT2D eigenvalue weighted by Gasteiger charge is 2.57. The Bertz CT molecular complexity index is 606. The molecule has 1 aliphatic heterocycles. The van der Waals surface area contributed by atoms with Crippen molar-refractivity contribution in [2.45, 2.75) is 12.8 Å². The molecule has 136 valence electrons. The van der Waals surface area contributed by atoms with E-state index in [4.69, 9.17) is 14.2 Å². The van der Waals surface area contributed by atoms with E-state index in [9.17, 15) is 9.59 Å². The van der Waals surface area contributed by atoms with Gasteiger partial charge in [-0.25, -0.2) is 0 Å². The topological polar surface area (TPSA) is 77.1 Å². The number of morpholine rings is 1. The van der Waals surface area contributed by atoms with Gasteiger partial charge in [0.1, 0.15) is 23.5 Å². The number of carbonyl (C=O) groups excluding carboxylic acids is 2. The van der Waals surface area contributed by atoms with Crippen molar-refractivity contribution in [1.29, 1.82) is 0 Å². The van der Waals surface area contributed by atoms with Crippen LogP contribution in [0, 0.1) is 5.41 Å². The van der Waals surface area contributed by atoms with Crippen LogP contribution in [-0.2, 0) is 14.3 Å². The maximum atomic E-state index is 12.6. The van der Waals surface area contributed by atoms with Crippen molar-refractivity contribution in [2.24, 2.45) is 5.41 Å². The third-order valence-corrected chi connectivity index (χ3v) is 4.61. The Morgan fingerprint density at radius 2 is 1.80 bits per heavy atom. The molecule has 1 aliphatic carbocycles. The highest BCUT2D eigenvalue weighted by Crippen LogP contribution is 2.47. The average Bonchev–Trinajstić information content (AvgIpc) is 3.47. The fraction of sp³-hybridized carbons (Fsp3) is 0.556. The monoisotopic (exact) mass is 348 g/mol. The fourth-order valence-corrected chi connectivity index (χ4v) is 2.91. The number of amides is 2. The Hall–Kier alpha value is -2.28. The van der Waals surface area contributed by atoms with Crippen LogP contribution in [0.5, 0.6) is 11.5 Å². The van der Waals surface area contributed by atoms with E-state index < -0.39 is 5.41 Å². The predicted octanol–water partition coefficient (Wildman–Crippen LogP) is 0.829. The molecule has 2 amide bonds. The van der Waals surface area contributed by atoms with Crippen LogP contribution in [-0.4, -0.2) is 63.3 Å². The lowest BCUT2D eigenvalue weighted by atomic mass is 10.0. The van der Waals surface area contributed by atoms with Crippen molar-refractivity contribution in [1.82, 2.24) is 10.2 Å². The number of carbonyl (C=O) groups is 2. The van der Waals surface area contributed by atoms with Crippen molar-refractivity contribution in [3.63, 3.8) is 0 Å². The summed E-state index contributed by atoms with van der Waals surface area (Å²) in [6.45, 7) is 2.92. The summed E-state index contributed by atoms with van der Waals surface area (Å²) in [5.74, 6) is 1.21. The van der Waals surface area contributed by atoms with Crippen LogP contribution in [0.3, 0.4) is 0 Å². The summed E-state index contributed by atoms with van der Waals surface area (Å²) < 4.78 is 15.9. The van der Waals surface area contributed by atoms with Gasteiger partial charge in [0.05, 0.1) is 26.9 Å². The molecular weight excluding hydrogens is 324 g/mol. The van der Waals surface area contributed by atoms with E-state index in [0.717, 1.165) is 5.75 Å². The Labute approximate surface area is 147 Å². The van der Waals surface area contributed by atoms with Gasteiger partial charge in [0.2, 0.25) is 11.8 Å². The minimum absolute atomic E-state index is 0.0654. The average molecular weight is 348 g/mol. The van der Waals surface area contributed by atoms with Crippen molar-refractivity contribution >= 4 is 11.8 Å². The lowest BCUT2D eigenvalue weighted by Crippen LogP contribution is -2.49. The number of nitrogens with zero attached hydrogens (tertiary/aromatic N) is 1. The second-order valence-corrected chi connectivity index (χ2v) is 6.27. The first-order valence-electron chi connectivity index (χ1n) is 8.58. The maximum Gasteiger partial charge on any atom is 0.238 e. The van der Waals surface area contributed by atoms with Crippen LogP contribution >= 0.6 is 0 Å². The van der Waals surface area contributed by atoms with E-state index in [-0.39, 0.29) is 11.8 Å². The molecule has 2 aliphatic rings. The second-order valence-electron chi connectivity index (χ2n) is 6.27. The van der Waals surface area contributed by atoms with Crippen molar-refractivity contribution < 1.29 is 23.8 Å². The zero-order valence-electron chi connectivity index (χ0n) is 14.5. The van der Waals surface area contributed by atoms with Gasteiger partial charge in [-0.2, -0.15) is 0 Å². The summed E-state index contributed by atoms with van der Waals surface area (Å²) in [6, 6.07) is 7.25. The molecule has 0 atom stereocenters. The zero-order valence-corrected chi connectivity index (χ0v) is 14.5. The Balaban J connectivity index is 1.43. The molecule has 25 heavy (non-hydrogen) atoms. The number of nitrogens with one attached hydrogen (secondary N) is 1. The molecule has 0 spiro atoms. The molecular formula is C18H24N2O5. The van der Waals surface area contributed by atoms with Crippen molar-refractivity contribution in [3.8, 4) is 11.5 Å². The normalized spacial score (nSPS) is 18.4. The molecule has 1 saturated heterocycles. The molecule has 1 aromatic rings. The molecule has 2 fully saturated rings. The molecule has 7 nitrogen and oxygen atoms in total. The maximum absolute atomic E-state index is 12.6. The van der Waals surface area contributed by atoms with Crippen LogP contribution in [0.15, 0.2) is 24.3 Å². The van der Waals surface area contributed by atoms with Gasteiger partial charge in [-0.1, -0.05) is 0 Å². The SMILES string of the molecule is COc1ccc(OCCNC(=O)C2(C(=O)N3CCOCC3)CC2)cc1.